The van der Waals surface area contributed by atoms with Crippen molar-refractivity contribution in [3.05, 3.63) is 23.9 Å². The van der Waals surface area contributed by atoms with Gasteiger partial charge in [-0.15, -0.1) is 0 Å². The number of pyridine rings is 1. The lowest BCUT2D eigenvalue weighted by molar-refractivity contribution is -0.00461. The van der Waals surface area contributed by atoms with Gasteiger partial charge in [-0.1, -0.05) is 0 Å². The Morgan fingerprint density at radius 3 is 2.56 bits per heavy atom. The third-order valence-corrected chi connectivity index (χ3v) is 3.34. The molecule has 1 aliphatic heterocycles. The maximum atomic E-state index is 5.44. The Labute approximate surface area is 108 Å². The molecule has 2 heterocycles. The van der Waals surface area contributed by atoms with Crippen molar-refractivity contribution in [1.82, 2.24) is 10.3 Å². The predicted octanol–water partition coefficient (Wildman–Crippen LogP) is 0.651. The van der Waals surface area contributed by atoms with Gasteiger partial charge in [0.05, 0.1) is 0 Å². The topological polar surface area (TPSA) is 46.6 Å². The molecule has 5 nitrogen and oxygen atoms in total. The first-order chi connectivity index (χ1) is 8.78. The second-order valence-electron chi connectivity index (χ2n) is 4.51. The average Bonchev–Trinajstić information content (AvgIpc) is 2.82. The third kappa shape index (κ3) is 2.80. The summed E-state index contributed by atoms with van der Waals surface area (Å²) in [5, 5.41) is 3.15. The van der Waals surface area contributed by atoms with Crippen LogP contribution in [0.15, 0.2) is 18.3 Å². The number of ether oxygens (including phenoxy) is 2. The highest BCUT2D eigenvalue weighted by atomic mass is 16.5. The Balaban J connectivity index is 2.10. The van der Waals surface area contributed by atoms with Crippen LogP contribution in [0, 0.1) is 0 Å². The molecule has 1 aliphatic rings. The van der Waals surface area contributed by atoms with E-state index < -0.39 is 0 Å². The summed E-state index contributed by atoms with van der Waals surface area (Å²) in [6, 6.07) is 4.14. The minimum atomic E-state index is 0.116. The smallest absolute Gasteiger partial charge is 0.128 e. The second kappa shape index (κ2) is 6.13. The number of nitrogens with one attached hydrogen (secondary N) is 1. The summed E-state index contributed by atoms with van der Waals surface area (Å²) in [6.45, 7) is 2.50. The highest BCUT2D eigenvalue weighted by Gasteiger charge is 2.33. The molecule has 0 radical (unpaired) electrons. The Hall–Kier alpha value is -1.17. The molecule has 1 saturated heterocycles. The van der Waals surface area contributed by atoms with Gasteiger partial charge in [-0.3, -0.25) is 0 Å². The van der Waals surface area contributed by atoms with E-state index in [4.69, 9.17) is 9.47 Å². The maximum absolute atomic E-state index is 5.44. The van der Waals surface area contributed by atoms with Crippen molar-refractivity contribution in [2.24, 2.45) is 0 Å². The molecule has 1 N–H and O–H groups in total. The average molecular weight is 251 g/mol. The molecule has 0 bridgehead atoms. The van der Waals surface area contributed by atoms with Crippen molar-refractivity contribution in [3.63, 3.8) is 0 Å². The summed E-state index contributed by atoms with van der Waals surface area (Å²) in [7, 11) is 5.40. The molecule has 18 heavy (non-hydrogen) atoms. The van der Waals surface area contributed by atoms with Gasteiger partial charge in [-0.05, 0) is 24.7 Å². The zero-order valence-electron chi connectivity index (χ0n) is 11.2. The first-order valence-corrected chi connectivity index (χ1v) is 6.18. The summed E-state index contributed by atoms with van der Waals surface area (Å²) in [5.74, 6) is 0.990. The van der Waals surface area contributed by atoms with Crippen molar-refractivity contribution in [2.45, 2.75) is 18.8 Å². The minimum Gasteiger partial charge on any atom is -0.377 e. The number of hydrogen-bond donors (Lipinski definition) is 1. The number of rotatable bonds is 5. The van der Waals surface area contributed by atoms with Crippen LogP contribution in [-0.2, 0) is 16.0 Å². The van der Waals surface area contributed by atoms with E-state index in [-0.39, 0.29) is 12.2 Å². The molecule has 2 unspecified atom stereocenters. The molecule has 0 aromatic carbocycles. The molecule has 2 rings (SSSR count). The van der Waals surface area contributed by atoms with Gasteiger partial charge >= 0.3 is 0 Å². The van der Waals surface area contributed by atoms with Crippen molar-refractivity contribution < 1.29 is 9.47 Å². The Kier molecular flexibility index (Phi) is 4.52. The lowest BCUT2D eigenvalue weighted by Gasteiger charge is -2.17. The SMILES string of the molecule is CNCc1ccnc(N2CC(OC)C(OC)C2)c1. The molecule has 100 valence electrons. The van der Waals surface area contributed by atoms with E-state index >= 15 is 0 Å². The summed E-state index contributed by atoms with van der Waals surface area (Å²) in [5.41, 5.74) is 1.23. The van der Waals surface area contributed by atoms with E-state index in [1.165, 1.54) is 5.56 Å². The molecule has 0 aliphatic carbocycles. The minimum absolute atomic E-state index is 0.116. The fraction of sp³-hybridized carbons (Fsp3) is 0.615. The van der Waals surface area contributed by atoms with E-state index in [1.54, 1.807) is 14.2 Å². The van der Waals surface area contributed by atoms with Crippen LogP contribution in [-0.4, -0.2) is 51.5 Å². The Morgan fingerprint density at radius 1 is 1.33 bits per heavy atom. The summed E-state index contributed by atoms with van der Waals surface area (Å²) in [6.07, 6.45) is 2.08. The summed E-state index contributed by atoms with van der Waals surface area (Å²) >= 11 is 0. The predicted molar refractivity (Wildman–Crippen MR) is 70.8 cm³/mol. The van der Waals surface area contributed by atoms with Crippen LogP contribution in [0.1, 0.15) is 5.56 Å². The molecule has 1 aromatic rings. The first-order valence-electron chi connectivity index (χ1n) is 6.18. The summed E-state index contributed by atoms with van der Waals surface area (Å²) < 4.78 is 10.9. The summed E-state index contributed by atoms with van der Waals surface area (Å²) in [4.78, 5) is 6.64. The van der Waals surface area contributed by atoms with E-state index in [0.717, 1.165) is 25.5 Å². The maximum Gasteiger partial charge on any atom is 0.128 e. The molecule has 2 atom stereocenters. The lowest BCUT2D eigenvalue weighted by Crippen LogP contribution is -2.27. The highest BCUT2D eigenvalue weighted by Crippen LogP contribution is 2.22. The Bertz CT molecular complexity index is 374. The van der Waals surface area contributed by atoms with Gasteiger partial charge in [0.25, 0.3) is 0 Å². The Morgan fingerprint density at radius 2 is 2.00 bits per heavy atom. The van der Waals surface area contributed by atoms with Crippen LogP contribution in [0.5, 0.6) is 0 Å². The third-order valence-electron chi connectivity index (χ3n) is 3.34. The van der Waals surface area contributed by atoms with Gasteiger partial charge in [-0.2, -0.15) is 0 Å². The van der Waals surface area contributed by atoms with Crippen LogP contribution in [0.25, 0.3) is 0 Å². The fourth-order valence-corrected chi connectivity index (χ4v) is 2.33. The molecule has 0 amide bonds. The number of nitrogens with zero attached hydrogens (tertiary/aromatic N) is 2. The number of anilines is 1. The molecular weight excluding hydrogens is 230 g/mol. The molecule has 1 fully saturated rings. The molecule has 5 heteroatoms. The van der Waals surface area contributed by atoms with Crippen LogP contribution in [0.3, 0.4) is 0 Å². The van der Waals surface area contributed by atoms with Crippen molar-refractivity contribution in [3.8, 4) is 0 Å². The van der Waals surface area contributed by atoms with Crippen molar-refractivity contribution in [1.29, 1.82) is 0 Å². The fourth-order valence-electron chi connectivity index (χ4n) is 2.33. The highest BCUT2D eigenvalue weighted by molar-refractivity contribution is 5.43. The van der Waals surface area contributed by atoms with Gasteiger partial charge in [0.2, 0.25) is 0 Å². The number of methoxy groups -OCH3 is 2. The number of aromatic nitrogens is 1. The van der Waals surface area contributed by atoms with Gasteiger partial charge in [0, 0.05) is 40.1 Å². The number of hydrogen-bond acceptors (Lipinski definition) is 5. The quantitative estimate of drug-likeness (QED) is 0.832. The first kappa shape index (κ1) is 13.3. The van der Waals surface area contributed by atoms with E-state index in [0.29, 0.717) is 0 Å². The van der Waals surface area contributed by atoms with Crippen LogP contribution >= 0.6 is 0 Å². The second-order valence-corrected chi connectivity index (χ2v) is 4.51. The molecule has 1 aromatic heterocycles. The van der Waals surface area contributed by atoms with E-state index in [2.05, 4.69) is 21.3 Å². The molecule has 0 spiro atoms. The van der Waals surface area contributed by atoms with Gasteiger partial charge in [0.1, 0.15) is 18.0 Å². The van der Waals surface area contributed by atoms with Crippen LogP contribution in [0.2, 0.25) is 0 Å². The van der Waals surface area contributed by atoms with Gasteiger partial charge in [0.15, 0.2) is 0 Å². The zero-order chi connectivity index (χ0) is 13.0. The van der Waals surface area contributed by atoms with Crippen LogP contribution < -0.4 is 10.2 Å². The lowest BCUT2D eigenvalue weighted by atomic mass is 10.2. The normalized spacial score (nSPS) is 23.6. The van der Waals surface area contributed by atoms with E-state index in [1.807, 2.05) is 19.3 Å². The van der Waals surface area contributed by atoms with Crippen LogP contribution in [0.4, 0.5) is 5.82 Å². The van der Waals surface area contributed by atoms with Gasteiger partial charge in [-0.25, -0.2) is 4.98 Å². The van der Waals surface area contributed by atoms with E-state index in [9.17, 15) is 0 Å². The monoisotopic (exact) mass is 251 g/mol. The largest absolute Gasteiger partial charge is 0.377 e. The standard InChI is InChI=1S/C13H21N3O2/c1-14-7-10-4-5-15-13(6-10)16-8-11(17-2)12(9-16)18-3/h4-6,11-12,14H,7-9H2,1-3H3. The zero-order valence-corrected chi connectivity index (χ0v) is 11.2. The van der Waals surface area contributed by atoms with Gasteiger partial charge < -0.3 is 19.7 Å². The van der Waals surface area contributed by atoms with Crippen molar-refractivity contribution in [2.75, 3.05) is 39.3 Å². The van der Waals surface area contributed by atoms with Crippen molar-refractivity contribution >= 4 is 5.82 Å². The molecular formula is C13H21N3O2. The molecule has 0 saturated carbocycles.